The number of benzene rings is 2. The quantitative estimate of drug-likeness (QED) is 0.240. The molecule has 6 nitrogen and oxygen atoms in total. The molecule has 178 valence electrons. The summed E-state index contributed by atoms with van der Waals surface area (Å²) in [5.41, 5.74) is 4.27. The summed E-state index contributed by atoms with van der Waals surface area (Å²) in [6.45, 7) is 6.57. The Hall–Kier alpha value is -2.12. The highest BCUT2D eigenvalue weighted by Crippen LogP contribution is 2.40. The van der Waals surface area contributed by atoms with E-state index in [0.29, 0.717) is 26.4 Å². The SMILES string of the molecule is CCCCCc1cc(OCOCCOC)c(-c2cccc(C)c2)c(OCOCCOC)c1. The lowest BCUT2D eigenvalue weighted by atomic mass is 9.97. The minimum absolute atomic E-state index is 0.143. The Morgan fingerprint density at radius 3 is 1.91 bits per heavy atom. The van der Waals surface area contributed by atoms with Gasteiger partial charge in [0, 0.05) is 14.2 Å². The molecule has 0 spiro atoms. The van der Waals surface area contributed by atoms with Gasteiger partial charge in [-0.1, -0.05) is 49.6 Å². The van der Waals surface area contributed by atoms with Crippen LogP contribution in [0, 0.1) is 6.92 Å². The lowest BCUT2D eigenvalue weighted by molar-refractivity contribution is -0.0112. The number of rotatable bonds is 17. The van der Waals surface area contributed by atoms with Crippen molar-refractivity contribution < 1.29 is 28.4 Å². The van der Waals surface area contributed by atoms with Crippen LogP contribution in [0.2, 0.25) is 0 Å². The lowest BCUT2D eigenvalue weighted by Crippen LogP contribution is -2.11. The minimum Gasteiger partial charge on any atom is -0.467 e. The van der Waals surface area contributed by atoms with Crippen LogP contribution in [-0.4, -0.2) is 54.2 Å². The van der Waals surface area contributed by atoms with Crippen LogP contribution in [0.25, 0.3) is 11.1 Å². The monoisotopic (exact) mass is 446 g/mol. The Bertz CT molecular complexity index is 742. The fourth-order valence-corrected chi connectivity index (χ4v) is 3.29. The number of methoxy groups -OCH3 is 2. The van der Waals surface area contributed by atoms with E-state index in [0.717, 1.165) is 35.5 Å². The molecular weight excluding hydrogens is 408 g/mol. The first kappa shape index (κ1) is 26.1. The number of hydrogen-bond donors (Lipinski definition) is 0. The van der Waals surface area contributed by atoms with Crippen molar-refractivity contribution in [3.63, 3.8) is 0 Å². The van der Waals surface area contributed by atoms with E-state index in [9.17, 15) is 0 Å². The molecule has 0 aromatic heterocycles. The van der Waals surface area contributed by atoms with Gasteiger partial charge in [0.1, 0.15) is 11.5 Å². The van der Waals surface area contributed by atoms with Gasteiger partial charge in [-0.3, -0.25) is 0 Å². The van der Waals surface area contributed by atoms with Crippen molar-refractivity contribution in [2.24, 2.45) is 0 Å². The van der Waals surface area contributed by atoms with E-state index < -0.39 is 0 Å². The second kappa shape index (κ2) is 15.6. The first-order chi connectivity index (χ1) is 15.7. The Morgan fingerprint density at radius 2 is 1.38 bits per heavy atom. The van der Waals surface area contributed by atoms with Crippen LogP contribution in [0.15, 0.2) is 36.4 Å². The molecule has 0 N–H and O–H groups in total. The third-order valence-corrected chi connectivity index (χ3v) is 4.96. The highest BCUT2D eigenvalue weighted by molar-refractivity contribution is 5.78. The van der Waals surface area contributed by atoms with Crippen LogP contribution >= 0.6 is 0 Å². The summed E-state index contributed by atoms with van der Waals surface area (Å²) in [5.74, 6) is 1.49. The molecule has 0 unspecified atom stereocenters. The molecule has 32 heavy (non-hydrogen) atoms. The number of hydrogen-bond acceptors (Lipinski definition) is 6. The maximum Gasteiger partial charge on any atom is 0.189 e. The molecule has 0 bridgehead atoms. The third-order valence-electron chi connectivity index (χ3n) is 4.96. The summed E-state index contributed by atoms with van der Waals surface area (Å²) >= 11 is 0. The van der Waals surface area contributed by atoms with Crippen molar-refractivity contribution in [3.05, 3.63) is 47.5 Å². The van der Waals surface area contributed by atoms with Gasteiger partial charge < -0.3 is 28.4 Å². The molecule has 0 aliphatic heterocycles. The lowest BCUT2D eigenvalue weighted by Gasteiger charge is -2.19. The fourth-order valence-electron chi connectivity index (χ4n) is 3.29. The largest absolute Gasteiger partial charge is 0.467 e. The predicted molar refractivity (Wildman–Crippen MR) is 126 cm³/mol. The van der Waals surface area contributed by atoms with E-state index in [1.807, 2.05) is 6.07 Å². The van der Waals surface area contributed by atoms with Gasteiger partial charge in [0.05, 0.1) is 32.0 Å². The number of ether oxygens (including phenoxy) is 6. The minimum atomic E-state index is 0.143. The van der Waals surface area contributed by atoms with E-state index in [2.05, 4.69) is 44.2 Å². The molecule has 0 amide bonds. The third kappa shape index (κ3) is 9.17. The summed E-state index contributed by atoms with van der Waals surface area (Å²) in [7, 11) is 3.30. The second-order valence-corrected chi connectivity index (χ2v) is 7.62. The first-order valence-electron chi connectivity index (χ1n) is 11.3. The van der Waals surface area contributed by atoms with Crippen LogP contribution in [0.3, 0.4) is 0 Å². The molecule has 0 saturated carbocycles. The van der Waals surface area contributed by atoms with Gasteiger partial charge in [0.15, 0.2) is 13.6 Å². The van der Waals surface area contributed by atoms with Gasteiger partial charge in [-0.25, -0.2) is 0 Å². The summed E-state index contributed by atoms with van der Waals surface area (Å²) in [5, 5.41) is 0. The van der Waals surface area contributed by atoms with Gasteiger partial charge in [0.25, 0.3) is 0 Å². The summed E-state index contributed by atoms with van der Waals surface area (Å²) in [6, 6.07) is 12.5. The van der Waals surface area contributed by atoms with Crippen molar-refractivity contribution >= 4 is 0 Å². The molecule has 2 aromatic rings. The molecule has 0 aliphatic rings. The van der Waals surface area contributed by atoms with Gasteiger partial charge in [-0.05, 0) is 43.0 Å². The van der Waals surface area contributed by atoms with Gasteiger partial charge in [-0.15, -0.1) is 0 Å². The molecule has 0 atom stereocenters. The zero-order chi connectivity index (χ0) is 23.0. The van der Waals surface area contributed by atoms with Crippen LogP contribution in [-0.2, 0) is 25.4 Å². The number of aryl methyl sites for hydroxylation is 2. The maximum atomic E-state index is 6.09. The molecule has 0 radical (unpaired) electrons. The van der Waals surface area contributed by atoms with Crippen molar-refractivity contribution in [1.29, 1.82) is 0 Å². The Kier molecular flexibility index (Phi) is 12.8. The molecule has 0 saturated heterocycles. The Balaban J connectivity index is 2.33. The summed E-state index contributed by atoms with van der Waals surface area (Å²) < 4.78 is 33.4. The van der Waals surface area contributed by atoms with Crippen molar-refractivity contribution in [1.82, 2.24) is 0 Å². The topological polar surface area (TPSA) is 55.4 Å². The molecule has 0 fully saturated rings. The van der Waals surface area contributed by atoms with Crippen molar-refractivity contribution in [2.45, 2.75) is 39.5 Å². The normalized spacial score (nSPS) is 11.0. The van der Waals surface area contributed by atoms with Crippen molar-refractivity contribution in [2.75, 3.05) is 54.2 Å². The number of unbranched alkanes of at least 4 members (excludes halogenated alkanes) is 2. The maximum absolute atomic E-state index is 6.09. The molecular formula is C26H38O6. The molecule has 0 aliphatic carbocycles. The highest BCUT2D eigenvalue weighted by atomic mass is 16.7. The first-order valence-corrected chi connectivity index (χ1v) is 11.3. The van der Waals surface area contributed by atoms with Gasteiger partial charge in [0.2, 0.25) is 0 Å². The second-order valence-electron chi connectivity index (χ2n) is 7.62. The van der Waals surface area contributed by atoms with E-state index in [1.165, 1.54) is 24.0 Å². The standard InChI is InChI=1S/C26H38O6/c1-5-6-7-10-22-17-24(31-19-29-14-12-27-3)26(23-11-8-9-21(2)16-23)25(18-22)32-20-30-15-13-28-4/h8-9,11,16-18H,5-7,10,12-15,19-20H2,1-4H3. The van der Waals surface area contributed by atoms with E-state index >= 15 is 0 Å². The summed E-state index contributed by atoms with van der Waals surface area (Å²) in [4.78, 5) is 0. The molecule has 6 heteroatoms. The molecule has 0 heterocycles. The average molecular weight is 447 g/mol. The van der Waals surface area contributed by atoms with E-state index in [1.54, 1.807) is 14.2 Å². The van der Waals surface area contributed by atoms with Gasteiger partial charge >= 0.3 is 0 Å². The predicted octanol–water partition coefficient (Wildman–Crippen LogP) is 5.39. The fraction of sp³-hybridized carbons (Fsp3) is 0.538. The summed E-state index contributed by atoms with van der Waals surface area (Å²) in [6.07, 6.45) is 4.44. The molecule has 2 rings (SSSR count). The van der Waals surface area contributed by atoms with Crippen molar-refractivity contribution in [3.8, 4) is 22.6 Å². The smallest absolute Gasteiger partial charge is 0.189 e. The average Bonchev–Trinajstić information content (AvgIpc) is 2.79. The Labute approximate surface area is 192 Å². The van der Waals surface area contributed by atoms with Crippen LogP contribution < -0.4 is 9.47 Å². The zero-order valence-corrected chi connectivity index (χ0v) is 20.0. The highest BCUT2D eigenvalue weighted by Gasteiger charge is 2.17. The van der Waals surface area contributed by atoms with E-state index in [4.69, 9.17) is 28.4 Å². The van der Waals surface area contributed by atoms with Crippen LogP contribution in [0.1, 0.15) is 37.3 Å². The van der Waals surface area contributed by atoms with Gasteiger partial charge in [-0.2, -0.15) is 0 Å². The zero-order valence-electron chi connectivity index (χ0n) is 20.0. The van der Waals surface area contributed by atoms with Crippen LogP contribution in [0.5, 0.6) is 11.5 Å². The van der Waals surface area contributed by atoms with E-state index in [-0.39, 0.29) is 13.6 Å². The van der Waals surface area contributed by atoms with Crippen LogP contribution in [0.4, 0.5) is 0 Å². The Morgan fingerprint density at radius 1 is 0.750 bits per heavy atom. The molecule has 2 aromatic carbocycles.